The molecule has 2 nitrogen and oxygen atoms in total. The maximum Gasteiger partial charge on any atom is 0.338 e. The molecule has 0 aliphatic heterocycles. The zero-order valence-electron chi connectivity index (χ0n) is 29.7. The first-order valence-electron chi connectivity index (χ1n) is 17.2. The average molecular weight is 659 g/mol. The third-order valence-electron chi connectivity index (χ3n) is 7.64. The van der Waals surface area contributed by atoms with Gasteiger partial charge in [0, 0.05) is 38.9 Å². The summed E-state index contributed by atoms with van der Waals surface area (Å²) in [6.07, 6.45) is 4.51. The Hall–Kier alpha value is -5.19. The minimum absolute atomic E-state index is 0.303. The van der Waals surface area contributed by atoms with Crippen molar-refractivity contribution < 1.29 is 9.53 Å². The largest absolute Gasteiger partial charge is 0.462 e. The lowest BCUT2D eigenvalue weighted by atomic mass is 9.98. The van der Waals surface area contributed by atoms with Crippen LogP contribution in [-0.4, -0.2) is 20.7 Å². The molecule has 0 spiro atoms. The van der Waals surface area contributed by atoms with Gasteiger partial charge in [0.2, 0.25) is 0 Å². The molecule has 4 aromatic rings. The predicted octanol–water partition coefficient (Wildman–Crippen LogP) is 10.1. The van der Waals surface area contributed by atoms with Crippen molar-refractivity contribution in [1.82, 2.24) is 0 Å². The second kappa shape index (κ2) is 18.4. The zero-order valence-corrected chi connectivity index (χ0v) is 30.7. The summed E-state index contributed by atoms with van der Waals surface area (Å²) in [6, 6.07) is 31.2. The zero-order chi connectivity index (χ0) is 35.1. The van der Waals surface area contributed by atoms with E-state index in [-0.39, 0.29) is 5.97 Å². The normalized spacial score (nSPS) is 11.0. The molecule has 0 amide bonds. The summed E-state index contributed by atoms with van der Waals surface area (Å²) in [5.74, 6) is 23.8. The Bertz CT molecular complexity index is 2000. The van der Waals surface area contributed by atoms with Crippen molar-refractivity contribution in [2.75, 3.05) is 6.61 Å². The van der Waals surface area contributed by atoms with Gasteiger partial charge in [0.1, 0.15) is 8.07 Å². The summed E-state index contributed by atoms with van der Waals surface area (Å²) >= 11 is 0. The molecule has 1 atom stereocenters. The number of hydrogen-bond acceptors (Lipinski definition) is 2. The van der Waals surface area contributed by atoms with Gasteiger partial charge in [-0.2, -0.15) is 0 Å². The van der Waals surface area contributed by atoms with E-state index in [4.69, 9.17) is 4.74 Å². The van der Waals surface area contributed by atoms with Crippen LogP contribution in [0.5, 0.6) is 0 Å². The van der Waals surface area contributed by atoms with Crippen molar-refractivity contribution in [2.45, 2.75) is 66.1 Å². The summed E-state index contributed by atoms with van der Waals surface area (Å²) in [5, 5.41) is 0. The Morgan fingerprint density at radius 1 is 0.571 bits per heavy atom. The van der Waals surface area contributed by atoms with Crippen LogP contribution in [0.2, 0.25) is 19.6 Å². The fourth-order valence-electron chi connectivity index (χ4n) is 4.90. The Kier molecular flexibility index (Phi) is 13.7. The highest BCUT2D eigenvalue weighted by molar-refractivity contribution is 6.83. The molecule has 0 N–H and O–H groups in total. The second-order valence-corrected chi connectivity index (χ2v) is 18.7. The highest BCUT2D eigenvalue weighted by Gasteiger charge is 2.10. The SMILES string of the molecule is CC(C)CCC[C@H](C)CCOC(=O)c1cccc(C#Cc2cccc(C#Cc3cccc(C#Cc4cccc(C#C[Si](C)(C)C)c4)c3)c2)c1. The molecule has 0 saturated carbocycles. The minimum Gasteiger partial charge on any atom is -0.462 e. The minimum atomic E-state index is -1.44. The van der Waals surface area contributed by atoms with E-state index in [2.05, 4.69) is 87.4 Å². The number of rotatable bonds is 8. The van der Waals surface area contributed by atoms with Crippen LogP contribution in [-0.2, 0) is 4.74 Å². The molecule has 0 radical (unpaired) electrons. The van der Waals surface area contributed by atoms with E-state index in [9.17, 15) is 4.79 Å². The second-order valence-electron chi connectivity index (χ2n) is 13.9. The fraction of sp³-hybridized carbons (Fsp3) is 0.283. The summed E-state index contributed by atoms with van der Waals surface area (Å²) in [7, 11) is -1.44. The summed E-state index contributed by atoms with van der Waals surface area (Å²) in [4.78, 5) is 12.7. The lowest BCUT2D eigenvalue weighted by Crippen LogP contribution is -2.16. The Morgan fingerprint density at radius 3 is 1.41 bits per heavy atom. The molecular weight excluding hydrogens is 613 g/mol. The molecule has 0 aromatic heterocycles. The molecular formula is C46H46O2Si. The first-order valence-corrected chi connectivity index (χ1v) is 20.7. The van der Waals surface area contributed by atoms with Crippen molar-refractivity contribution in [1.29, 1.82) is 0 Å². The molecule has 4 aromatic carbocycles. The van der Waals surface area contributed by atoms with Gasteiger partial charge < -0.3 is 4.74 Å². The summed E-state index contributed by atoms with van der Waals surface area (Å²) in [6.45, 7) is 13.9. The monoisotopic (exact) mass is 658 g/mol. The topological polar surface area (TPSA) is 26.3 Å². The van der Waals surface area contributed by atoms with Crippen molar-refractivity contribution in [3.8, 4) is 47.0 Å². The third-order valence-corrected chi connectivity index (χ3v) is 8.52. The molecule has 0 heterocycles. The molecule has 0 fully saturated rings. The van der Waals surface area contributed by atoms with Gasteiger partial charge in [-0.25, -0.2) is 4.79 Å². The van der Waals surface area contributed by atoms with Crippen molar-refractivity contribution in [3.63, 3.8) is 0 Å². The van der Waals surface area contributed by atoms with Crippen LogP contribution in [0.1, 0.15) is 95.8 Å². The van der Waals surface area contributed by atoms with Crippen LogP contribution < -0.4 is 0 Å². The number of ether oxygens (including phenoxy) is 1. The van der Waals surface area contributed by atoms with Crippen LogP contribution in [0.15, 0.2) is 97.1 Å². The average Bonchev–Trinajstić information content (AvgIpc) is 3.08. The van der Waals surface area contributed by atoms with Gasteiger partial charge in [-0.3, -0.25) is 0 Å². The molecule has 3 heteroatoms. The van der Waals surface area contributed by atoms with Crippen LogP contribution in [0.3, 0.4) is 0 Å². The van der Waals surface area contributed by atoms with E-state index >= 15 is 0 Å². The van der Waals surface area contributed by atoms with Gasteiger partial charge in [0.25, 0.3) is 0 Å². The number of carbonyl (C=O) groups is 1. The van der Waals surface area contributed by atoms with Crippen LogP contribution in [0, 0.1) is 58.8 Å². The third kappa shape index (κ3) is 13.8. The highest BCUT2D eigenvalue weighted by Crippen LogP contribution is 2.16. The van der Waals surface area contributed by atoms with Crippen LogP contribution in [0.4, 0.5) is 0 Å². The number of esters is 1. The Balaban J connectivity index is 1.37. The molecule has 0 bridgehead atoms. The van der Waals surface area contributed by atoms with Gasteiger partial charge in [-0.05, 0) is 91.1 Å². The Labute approximate surface area is 295 Å². The molecule has 0 aliphatic carbocycles. The lowest BCUT2D eigenvalue weighted by Gasteiger charge is -2.12. The first kappa shape index (κ1) is 36.6. The molecule has 0 saturated heterocycles. The lowest BCUT2D eigenvalue weighted by molar-refractivity contribution is 0.0483. The molecule has 0 unspecified atom stereocenters. The van der Waals surface area contributed by atoms with Crippen molar-refractivity contribution in [2.24, 2.45) is 11.8 Å². The van der Waals surface area contributed by atoms with Crippen LogP contribution in [0.25, 0.3) is 0 Å². The molecule has 246 valence electrons. The van der Waals surface area contributed by atoms with E-state index < -0.39 is 8.07 Å². The van der Waals surface area contributed by atoms with Gasteiger partial charge >= 0.3 is 5.97 Å². The van der Waals surface area contributed by atoms with Crippen molar-refractivity contribution >= 4 is 14.0 Å². The fourth-order valence-corrected chi connectivity index (χ4v) is 5.42. The maximum atomic E-state index is 12.7. The van der Waals surface area contributed by atoms with E-state index in [1.54, 1.807) is 12.1 Å². The number of hydrogen-bond donors (Lipinski definition) is 0. The van der Waals surface area contributed by atoms with Gasteiger partial charge in [-0.15, -0.1) is 5.54 Å². The summed E-state index contributed by atoms with van der Waals surface area (Å²) in [5.41, 5.74) is 10.2. The smallest absolute Gasteiger partial charge is 0.338 e. The maximum absolute atomic E-state index is 12.7. The van der Waals surface area contributed by atoms with Gasteiger partial charge in [0.05, 0.1) is 12.2 Å². The van der Waals surface area contributed by atoms with E-state index in [1.807, 2.05) is 84.9 Å². The number of benzene rings is 4. The van der Waals surface area contributed by atoms with Gasteiger partial charge in [-0.1, -0.05) is 125 Å². The van der Waals surface area contributed by atoms with E-state index in [0.717, 1.165) is 51.3 Å². The number of carbonyl (C=O) groups excluding carboxylic acids is 1. The van der Waals surface area contributed by atoms with E-state index in [1.165, 1.54) is 19.3 Å². The first-order chi connectivity index (χ1) is 23.5. The Morgan fingerprint density at radius 2 is 0.980 bits per heavy atom. The predicted molar refractivity (Wildman–Crippen MR) is 207 cm³/mol. The van der Waals surface area contributed by atoms with E-state index in [0.29, 0.717) is 18.1 Å². The van der Waals surface area contributed by atoms with Crippen molar-refractivity contribution in [3.05, 3.63) is 142 Å². The molecule has 4 rings (SSSR count). The van der Waals surface area contributed by atoms with Gasteiger partial charge in [0.15, 0.2) is 0 Å². The highest BCUT2D eigenvalue weighted by atomic mass is 28.3. The standard InChI is InChI=1S/C46H46O2Si/c1-36(2)12-7-13-37(3)28-30-48-46(47)45-21-11-20-43(35-45)27-26-41-17-9-16-39(33-41)23-22-38-14-8-15-40(32-38)24-25-42-18-10-19-44(34-42)29-31-49(4,5)6/h8-11,14-21,32-37H,7,12-13,28,30H2,1-6H3/t37-/m0/s1. The van der Waals surface area contributed by atoms with Crippen LogP contribution >= 0.6 is 0 Å². The summed E-state index contributed by atoms with van der Waals surface area (Å²) < 4.78 is 5.57. The molecule has 0 aliphatic rings. The molecule has 49 heavy (non-hydrogen) atoms. The quantitative estimate of drug-likeness (QED) is 0.107.